The quantitative estimate of drug-likeness (QED) is 0.584. The molecule has 5 heteroatoms. The van der Waals surface area contributed by atoms with Gasteiger partial charge in [-0.2, -0.15) is 0 Å². The minimum Gasteiger partial charge on any atom is -0.383 e. The van der Waals surface area contributed by atoms with Crippen LogP contribution in [0.4, 0.5) is 0 Å². The van der Waals surface area contributed by atoms with E-state index >= 15 is 0 Å². The van der Waals surface area contributed by atoms with Crippen molar-refractivity contribution in [2.24, 2.45) is 0 Å². The molecule has 5 nitrogen and oxygen atoms in total. The van der Waals surface area contributed by atoms with Crippen LogP contribution in [0, 0.1) is 6.92 Å². The van der Waals surface area contributed by atoms with Gasteiger partial charge in [-0.3, -0.25) is 4.79 Å². The van der Waals surface area contributed by atoms with Crippen molar-refractivity contribution in [2.75, 3.05) is 33.4 Å². The summed E-state index contributed by atoms with van der Waals surface area (Å²) in [4.78, 5) is 14.5. The highest BCUT2D eigenvalue weighted by Crippen LogP contribution is 2.04. The minimum atomic E-state index is -0.0349. The van der Waals surface area contributed by atoms with Crippen LogP contribution in [0.1, 0.15) is 15.9 Å². The first kappa shape index (κ1) is 12.7. The summed E-state index contributed by atoms with van der Waals surface area (Å²) in [6.07, 6.45) is 3.52. The molecule has 1 rings (SSSR count). The predicted molar refractivity (Wildman–Crippen MR) is 62.6 cm³/mol. The normalized spacial score (nSPS) is 10.4. The Balaban J connectivity index is 2.14. The number of hydrogen-bond donors (Lipinski definition) is 3. The van der Waals surface area contributed by atoms with Gasteiger partial charge in [0, 0.05) is 39.1 Å². The molecule has 1 heterocycles. The zero-order valence-corrected chi connectivity index (χ0v) is 9.80. The van der Waals surface area contributed by atoms with Gasteiger partial charge in [0.25, 0.3) is 5.91 Å². The van der Waals surface area contributed by atoms with E-state index in [9.17, 15) is 4.79 Å². The number of amides is 1. The Morgan fingerprint density at radius 3 is 2.81 bits per heavy atom. The average Bonchev–Trinajstić information content (AvgIpc) is 2.69. The van der Waals surface area contributed by atoms with Crippen molar-refractivity contribution in [3.8, 4) is 0 Å². The van der Waals surface area contributed by atoms with Crippen molar-refractivity contribution in [2.45, 2.75) is 6.92 Å². The molecule has 0 aliphatic rings. The van der Waals surface area contributed by atoms with Crippen LogP contribution in [0.15, 0.2) is 12.4 Å². The Morgan fingerprint density at radius 2 is 2.19 bits per heavy atom. The molecule has 1 aromatic rings. The molecule has 0 unspecified atom stereocenters. The van der Waals surface area contributed by atoms with Crippen LogP contribution in [0.2, 0.25) is 0 Å². The molecule has 0 saturated heterocycles. The number of rotatable bonds is 7. The van der Waals surface area contributed by atoms with Crippen LogP contribution >= 0.6 is 0 Å². The van der Waals surface area contributed by atoms with E-state index in [1.54, 1.807) is 13.3 Å². The first-order valence-corrected chi connectivity index (χ1v) is 5.37. The molecule has 1 aromatic heterocycles. The number of carbonyl (C=O) groups is 1. The van der Waals surface area contributed by atoms with E-state index in [1.165, 1.54) is 0 Å². The fourth-order valence-electron chi connectivity index (χ4n) is 1.35. The van der Waals surface area contributed by atoms with Crippen LogP contribution in [0.5, 0.6) is 0 Å². The Labute approximate surface area is 95.6 Å². The summed E-state index contributed by atoms with van der Waals surface area (Å²) < 4.78 is 4.89. The van der Waals surface area contributed by atoms with E-state index in [1.807, 2.05) is 13.1 Å². The fourth-order valence-corrected chi connectivity index (χ4v) is 1.35. The number of H-pyrrole nitrogens is 1. The highest BCUT2D eigenvalue weighted by molar-refractivity contribution is 5.95. The first-order valence-electron chi connectivity index (χ1n) is 5.37. The molecule has 0 fully saturated rings. The maximum atomic E-state index is 11.6. The molecule has 0 atom stereocenters. The molecule has 0 aromatic carbocycles. The SMILES string of the molecule is COCCNCCNC(=O)c1c[nH]cc1C. The van der Waals surface area contributed by atoms with E-state index < -0.39 is 0 Å². The van der Waals surface area contributed by atoms with Crippen LogP contribution in [-0.2, 0) is 4.74 Å². The predicted octanol–water partition coefficient (Wildman–Crippen LogP) is 0.289. The summed E-state index contributed by atoms with van der Waals surface area (Å²) in [5, 5.41) is 5.99. The molecular formula is C11H19N3O2. The fraction of sp³-hybridized carbons (Fsp3) is 0.545. The van der Waals surface area contributed by atoms with Crippen molar-refractivity contribution in [3.05, 3.63) is 23.5 Å². The second-order valence-electron chi connectivity index (χ2n) is 3.55. The largest absolute Gasteiger partial charge is 0.383 e. The third-order valence-corrected chi connectivity index (χ3v) is 2.27. The highest BCUT2D eigenvalue weighted by Gasteiger charge is 2.07. The number of nitrogens with one attached hydrogen (secondary N) is 3. The number of hydrogen-bond acceptors (Lipinski definition) is 3. The molecule has 90 valence electrons. The second-order valence-corrected chi connectivity index (χ2v) is 3.55. The van der Waals surface area contributed by atoms with E-state index in [0.29, 0.717) is 18.7 Å². The van der Waals surface area contributed by atoms with Gasteiger partial charge in [-0.25, -0.2) is 0 Å². The molecule has 0 spiro atoms. The topological polar surface area (TPSA) is 66.2 Å². The molecule has 0 aliphatic heterocycles. The Bertz CT molecular complexity index is 323. The molecule has 1 amide bonds. The third kappa shape index (κ3) is 4.04. The van der Waals surface area contributed by atoms with Gasteiger partial charge in [0.15, 0.2) is 0 Å². The monoisotopic (exact) mass is 225 g/mol. The maximum absolute atomic E-state index is 11.6. The lowest BCUT2D eigenvalue weighted by molar-refractivity contribution is 0.0953. The smallest absolute Gasteiger partial charge is 0.253 e. The summed E-state index contributed by atoms with van der Waals surface area (Å²) >= 11 is 0. The van der Waals surface area contributed by atoms with Gasteiger partial charge >= 0.3 is 0 Å². The standard InChI is InChI=1S/C11H19N3O2/c1-9-7-13-8-10(9)11(15)14-4-3-12-5-6-16-2/h7-8,12-13H,3-6H2,1-2H3,(H,14,15). The molecular weight excluding hydrogens is 206 g/mol. The van der Waals surface area contributed by atoms with Crippen LogP contribution < -0.4 is 10.6 Å². The number of ether oxygens (including phenoxy) is 1. The van der Waals surface area contributed by atoms with Crippen molar-refractivity contribution >= 4 is 5.91 Å². The average molecular weight is 225 g/mol. The van der Waals surface area contributed by atoms with E-state index in [0.717, 1.165) is 18.7 Å². The van der Waals surface area contributed by atoms with E-state index in [-0.39, 0.29) is 5.91 Å². The lowest BCUT2D eigenvalue weighted by Crippen LogP contribution is -2.33. The number of carbonyl (C=O) groups excluding carboxylic acids is 1. The van der Waals surface area contributed by atoms with Gasteiger partial charge in [-0.15, -0.1) is 0 Å². The van der Waals surface area contributed by atoms with E-state index in [4.69, 9.17) is 4.74 Å². The van der Waals surface area contributed by atoms with Gasteiger partial charge in [0.2, 0.25) is 0 Å². The third-order valence-electron chi connectivity index (χ3n) is 2.27. The van der Waals surface area contributed by atoms with Crippen molar-refractivity contribution in [1.29, 1.82) is 0 Å². The lowest BCUT2D eigenvalue weighted by atomic mass is 10.2. The summed E-state index contributed by atoms with van der Waals surface area (Å²) in [6, 6.07) is 0. The Kier molecular flexibility index (Phi) is 5.60. The van der Waals surface area contributed by atoms with Crippen molar-refractivity contribution in [1.82, 2.24) is 15.6 Å². The van der Waals surface area contributed by atoms with Gasteiger partial charge in [-0.05, 0) is 12.5 Å². The molecule has 0 saturated carbocycles. The second kappa shape index (κ2) is 7.03. The zero-order valence-electron chi connectivity index (χ0n) is 9.80. The summed E-state index contributed by atoms with van der Waals surface area (Å²) in [5.74, 6) is -0.0349. The van der Waals surface area contributed by atoms with E-state index in [2.05, 4.69) is 15.6 Å². The number of aromatic amines is 1. The summed E-state index contributed by atoms with van der Waals surface area (Å²) in [5.41, 5.74) is 1.67. The zero-order chi connectivity index (χ0) is 11.8. The van der Waals surface area contributed by atoms with Gasteiger partial charge in [0.1, 0.15) is 0 Å². The molecule has 0 aliphatic carbocycles. The van der Waals surface area contributed by atoms with Crippen molar-refractivity contribution in [3.63, 3.8) is 0 Å². The Hall–Kier alpha value is -1.33. The Morgan fingerprint density at radius 1 is 1.38 bits per heavy atom. The minimum absolute atomic E-state index is 0.0349. The molecule has 3 N–H and O–H groups in total. The summed E-state index contributed by atoms with van der Waals surface area (Å²) in [6.45, 7) is 4.76. The number of aryl methyl sites for hydroxylation is 1. The first-order chi connectivity index (χ1) is 7.75. The highest BCUT2D eigenvalue weighted by atomic mass is 16.5. The number of aromatic nitrogens is 1. The molecule has 0 radical (unpaired) electrons. The van der Waals surface area contributed by atoms with Gasteiger partial charge < -0.3 is 20.4 Å². The lowest BCUT2D eigenvalue weighted by Gasteiger charge is -2.06. The summed E-state index contributed by atoms with van der Waals surface area (Å²) in [7, 11) is 1.66. The van der Waals surface area contributed by atoms with Crippen LogP contribution in [-0.4, -0.2) is 44.2 Å². The van der Waals surface area contributed by atoms with Crippen molar-refractivity contribution < 1.29 is 9.53 Å². The number of methoxy groups -OCH3 is 1. The van der Waals surface area contributed by atoms with Gasteiger partial charge in [0.05, 0.1) is 12.2 Å². The maximum Gasteiger partial charge on any atom is 0.253 e. The van der Waals surface area contributed by atoms with Crippen LogP contribution in [0.25, 0.3) is 0 Å². The van der Waals surface area contributed by atoms with Crippen LogP contribution in [0.3, 0.4) is 0 Å². The molecule has 16 heavy (non-hydrogen) atoms. The van der Waals surface area contributed by atoms with Gasteiger partial charge in [-0.1, -0.05) is 0 Å². The molecule has 0 bridgehead atoms.